The van der Waals surface area contributed by atoms with Crippen molar-refractivity contribution < 1.29 is 9.13 Å². The minimum Gasteiger partial charge on any atom is -0.378 e. The van der Waals surface area contributed by atoms with E-state index in [0.29, 0.717) is 11.9 Å². The molecule has 0 bridgehead atoms. The summed E-state index contributed by atoms with van der Waals surface area (Å²) in [6.45, 7) is 6.87. The Balaban J connectivity index is 1.71. The Bertz CT molecular complexity index is 473. The highest BCUT2D eigenvalue weighted by atomic mass is 35.5. The fourth-order valence-corrected chi connectivity index (χ4v) is 2.79. The topological polar surface area (TPSA) is 28.6 Å². The Morgan fingerprint density at radius 3 is 2.58 bits per heavy atom. The molecule has 1 aromatic rings. The smallest absolute Gasteiger partial charge is 0.184 e. The summed E-state index contributed by atoms with van der Waals surface area (Å²) in [6.07, 6.45) is 0. The molecule has 0 unspecified atom stereocenters. The molecule has 0 aromatic carbocycles. The van der Waals surface area contributed by atoms with Gasteiger partial charge in [-0.1, -0.05) is 11.6 Å². The standard InChI is InChI=1S/C13H17ClFN3O/c1-9-6-11(14)12(15)13(16-9)18-4-2-17(3-5-18)10-7-19-8-10/h6,10H,2-5,7-8H2,1H3. The molecule has 0 N–H and O–H groups in total. The Hall–Kier alpha value is -0.910. The van der Waals surface area contributed by atoms with Crippen molar-refractivity contribution in [3.05, 3.63) is 22.6 Å². The van der Waals surface area contributed by atoms with Crippen LogP contribution in [0, 0.1) is 12.7 Å². The highest BCUT2D eigenvalue weighted by molar-refractivity contribution is 6.31. The zero-order valence-corrected chi connectivity index (χ0v) is 11.7. The molecule has 6 heteroatoms. The summed E-state index contributed by atoms with van der Waals surface area (Å²) in [5.74, 6) is -0.0257. The van der Waals surface area contributed by atoms with E-state index in [-0.39, 0.29) is 5.02 Å². The predicted octanol–water partition coefficient (Wildman–Crippen LogP) is 1.70. The van der Waals surface area contributed by atoms with Crippen molar-refractivity contribution in [3.63, 3.8) is 0 Å². The van der Waals surface area contributed by atoms with Gasteiger partial charge in [-0.05, 0) is 13.0 Å². The molecule has 19 heavy (non-hydrogen) atoms. The van der Waals surface area contributed by atoms with Gasteiger partial charge in [-0.25, -0.2) is 9.37 Å². The number of aryl methyl sites for hydroxylation is 1. The van der Waals surface area contributed by atoms with Crippen LogP contribution in [0.1, 0.15) is 5.69 Å². The summed E-state index contributed by atoms with van der Waals surface area (Å²) >= 11 is 5.88. The molecule has 2 aliphatic rings. The van der Waals surface area contributed by atoms with Crippen molar-refractivity contribution in [3.8, 4) is 0 Å². The number of rotatable bonds is 2. The van der Waals surface area contributed by atoms with Crippen LogP contribution in [-0.2, 0) is 4.74 Å². The third kappa shape index (κ3) is 2.55. The van der Waals surface area contributed by atoms with E-state index >= 15 is 0 Å². The lowest BCUT2D eigenvalue weighted by Crippen LogP contribution is -2.56. The first-order valence-corrected chi connectivity index (χ1v) is 6.92. The van der Waals surface area contributed by atoms with Gasteiger partial charge in [-0.3, -0.25) is 4.90 Å². The van der Waals surface area contributed by atoms with E-state index in [4.69, 9.17) is 16.3 Å². The monoisotopic (exact) mass is 285 g/mol. The molecular weight excluding hydrogens is 269 g/mol. The average Bonchev–Trinajstić information content (AvgIpc) is 2.33. The van der Waals surface area contributed by atoms with Gasteiger partial charge >= 0.3 is 0 Å². The molecule has 4 nitrogen and oxygen atoms in total. The van der Waals surface area contributed by atoms with E-state index in [9.17, 15) is 4.39 Å². The molecule has 0 atom stereocenters. The van der Waals surface area contributed by atoms with Crippen LogP contribution in [-0.4, -0.2) is 55.3 Å². The molecule has 0 spiro atoms. The summed E-state index contributed by atoms with van der Waals surface area (Å²) in [5.41, 5.74) is 0.747. The summed E-state index contributed by atoms with van der Waals surface area (Å²) in [7, 11) is 0. The molecule has 3 heterocycles. The lowest BCUT2D eigenvalue weighted by Gasteiger charge is -2.42. The van der Waals surface area contributed by atoms with Crippen LogP contribution in [0.3, 0.4) is 0 Å². The van der Waals surface area contributed by atoms with Crippen LogP contribution in [0.25, 0.3) is 0 Å². The van der Waals surface area contributed by atoms with E-state index < -0.39 is 5.82 Å². The number of hydrogen-bond acceptors (Lipinski definition) is 4. The molecule has 3 rings (SSSR count). The van der Waals surface area contributed by atoms with E-state index in [0.717, 1.165) is 45.1 Å². The third-order valence-electron chi connectivity index (χ3n) is 3.77. The summed E-state index contributed by atoms with van der Waals surface area (Å²) < 4.78 is 19.2. The second-order valence-electron chi connectivity index (χ2n) is 5.10. The molecule has 2 saturated heterocycles. The number of nitrogens with zero attached hydrogens (tertiary/aromatic N) is 3. The Morgan fingerprint density at radius 2 is 2.00 bits per heavy atom. The lowest BCUT2D eigenvalue weighted by atomic mass is 10.2. The van der Waals surface area contributed by atoms with E-state index in [1.165, 1.54) is 0 Å². The normalized spacial score (nSPS) is 21.5. The number of ether oxygens (including phenoxy) is 1. The Labute approximate surface area is 117 Å². The maximum atomic E-state index is 14.0. The van der Waals surface area contributed by atoms with Crippen LogP contribution >= 0.6 is 11.6 Å². The summed E-state index contributed by atoms with van der Waals surface area (Å²) in [4.78, 5) is 8.66. The van der Waals surface area contributed by atoms with Crippen molar-refractivity contribution in [2.45, 2.75) is 13.0 Å². The number of anilines is 1. The van der Waals surface area contributed by atoms with E-state index in [1.54, 1.807) is 6.07 Å². The summed E-state index contributed by atoms with van der Waals surface area (Å²) in [5, 5.41) is 0.150. The van der Waals surface area contributed by atoms with Gasteiger partial charge in [0, 0.05) is 31.9 Å². The fourth-order valence-electron chi connectivity index (χ4n) is 2.54. The predicted molar refractivity (Wildman–Crippen MR) is 72.3 cm³/mol. The summed E-state index contributed by atoms with van der Waals surface area (Å²) in [6, 6.07) is 2.10. The van der Waals surface area contributed by atoms with E-state index in [1.807, 2.05) is 11.8 Å². The number of aromatic nitrogens is 1. The van der Waals surface area contributed by atoms with Gasteiger partial charge in [0.2, 0.25) is 0 Å². The second-order valence-corrected chi connectivity index (χ2v) is 5.50. The van der Waals surface area contributed by atoms with Crippen molar-refractivity contribution in [1.82, 2.24) is 9.88 Å². The molecule has 0 saturated carbocycles. The lowest BCUT2D eigenvalue weighted by molar-refractivity contribution is -0.0661. The van der Waals surface area contributed by atoms with Crippen LogP contribution in [0.15, 0.2) is 6.07 Å². The molecule has 2 aliphatic heterocycles. The van der Waals surface area contributed by atoms with Crippen LogP contribution in [0.4, 0.5) is 10.2 Å². The van der Waals surface area contributed by atoms with Crippen molar-refractivity contribution >= 4 is 17.4 Å². The molecule has 0 radical (unpaired) electrons. The highest BCUT2D eigenvalue weighted by Crippen LogP contribution is 2.26. The Morgan fingerprint density at radius 1 is 1.32 bits per heavy atom. The number of piperazine rings is 1. The van der Waals surface area contributed by atoms with E-state index in [2.05, 4.69) is 9.88 Å². The van der Waals surface area contributed by atoms with Crippen molar-refractivity contribution in [1.29, 1.82) is 0 Å². The van der Waals surface area contributed by atoms with Crippen LogP contribution in [0.2, 0.25) is 5.02 Å². The number of hydrogen-bond donors (Lipinski definition) is 0. The molecule has 104 valence electrons. The first-order chi connectivity index (χ1) is 9.15. The van der Waals surface area contributed by atoms with Gasteiger partial charge in [-0.15, -0.1) is 0 Å². The van der Waals surface area contributed by atoms with Gasteiger partial charge in [0.05, 0.1) is 24.3 Å². The quantitative estimate of drug-likeness (QED) is 0.827. The van der Waals surface area contributed by atoms with Crippen molar-refractivity contribution in [2.75, 3.05) is 44.3 Å². The largest absolute Gasteiger partial charge is 0.378 e. The minimum atomic E-state index is -0.410. The molecule has 1 aromatic heterocycles. The first kappa shape index (κ1) is 13.1. The van der Waals surface area contributed by atoms with Gasteiger partial charge < -0.3 is 9.64 Å². The second kappa shape index (κ2) is 5.23. The minimum absolute atomic E-state index is 0.150. The number of pyridine rings is 1. The molecule has 2 fully saturated rings. The van der Waals surface area contributed by atoms with Gasteiger partial charge in [0.1, 0.15) is 0 Å². The highest BCUT2D eigenvalue weighted by Gasteiger charge is 2.30. The zero-order chi connectivity index (χ0) is 13.4. The molecular formula is C13H17ClFN3O. The third-order valence-corrected chi connectivity index (χ3v) is 4.05. The zero-order valence-electron chi connectivity index (χ0n) is 10.9. The van der Waals surface area contributed by atoms with Gasteiger partial charge in [0.25, 0.3) is 0 Å². The maximum absolute atomic E-state index is 14.0. The molecule has 0 aliphatic carbocycles. The first-order valence-electron chi connectivity index (χ1n) is 6.54. The average molecular weight is 286 g/mol. The van der Waals surface area contributed by atoms with Crippen molar-refractivity contribution in [2.24, 2.45) is 0 Å². The van der Waals surface area contributed by atoms with Crippen LogP contribution in [0.5, 0.6) is 0 Å². The molecule has 0 amide bonds. The van der Waals surface area contributed by atoms with Gasteiger partial charge in [-0.2, -0.15) is 0 Å². The SMILES string of the molecule is Cc1cc(Cl)c(F)c(N2CCN(C3COC3)CC2)n1. The van der Waals surface area contributed by atoms with Gasteiger partial charge in [0.15, 0.2) is 11.6 Å². The Kier molecular flexibility index (Phi) is 3.60. The number of halogens is 2. The fraction of sp³-hybridized carbons (Fsp3) is 0.615. The van der Waals surface area contributed by atoms with Crippen LogP contribution < -0.4 is 4.90 Å². The maximum Gasteiger partial charge on any atom is 0.184 e.